The van der Waals surface area contributed by atoms with E-state index in [0.29, 0.717) is 134 Å². The number of amides is 1. The zero-order chi connectivity index (χ0) is 35.6. The third-order valence-electron chi connectivity index (χ3n) is 8.41. The maximum atomic E-state index is 13.9. The molecule has 278 valence electrons. The molecule has 5 N–H and O–H groups in total. The van der Waals surface area contributed by atoms with Crippen molar-refractivity contribution in [3.63, 3.8) is 0 Å². The van der Waals surface area contributed by atoms with E-state index in [-0.39, 0.29) is 18.6 Å². The molecule has 2 aliphatic rings. The van der Waals surface area contributed by atoms with Gasteiger partial charge in [-0.3, -0.25) is 4.79 Å². The third-order valence-corrected chi connectivity index (χ3v) is 8.41. The minimum atomic E-state index is -0.469. The summed E-state index contributed by atoms with van der Waals surface area (Å²) in [6.07, 6.45) is 10.1. The van der Waals surface area contributed by atoms with Crippen LogP contribution in [0.4, 0.5) is 17.8 Å². The second-order valence-corrected chi connectivity index (χ2v) is 12.7. The standard InChI is InChI=1S/C33H56N12O5/c1-4-16-47-20-22-50-23-21-48-17-9-36-31-37-32(39-33(38-31)44-14-18-49-19-15-44)43-12-10-42(11-13-43)30(46)29(7-5-6-8-34)45-25-28(40-41-45)27(35)24-26(2)3/h1,25-27,29H,5-24,34-35H2,2-3H3,(H,36,37,38,39)/t27-,29-/m0/s1. The van der Waals surface area contributed by atoms with E-state index >= 15 is 0 Å². The lowest BCUT2D eigenvalue weighted by Gasteiger charge is -2.36. The van der Waals surface area contributed by atoms with E-state index in [4.69, 9.17) is 51.8 Å². The molecule has 17 heteroatoms. The van der Waals surface area contributed by atoms with E-state index in [2.05, 4.69) is 45.2 Å². The van der Waals surface area contributed by atoms with Gasteiger partial charge in [-0.15, -0.1) is 11.5 Å². The number of carbonyl (C=O) groups excluding carboxylic acids is 1. The number of rotatable bonds is 22. The first-order chi connectivity index (χ1) is 24.4. The van der Waals surface area contributed by atoms with Crippen molar-refractivity contribution in [3.8, 4) is 12.3 Å². The van der Waals surface area contributed by atoms with Gasteiger partial charge in [0.1, 0.15) is 12.6 Å². The molecule has 0 saturated carbocycles. The topological polar surface area (TPSA) is 197 Å². The number of ether oxygens (including phenoxy) is 4. The molecular formula is C33H56N12O5. The number of carbonyl (C=O) groups is 1. The molecule has 0 aromatic carbocycles. The smallest absolute Gasteiger partial charge is 0.247 e. The van der Waals surface area contributed by atoms with Crippen molar-refractivity contribution in [1.29, 1.82) is 0 Å². The molecule has 0 unspecified atom stereocenters. The van der Waals surface area contributed by atoms with Crippen molar-refractivity contribution >= 4 is 23.8 Å². The van der Waals surface area contributed by atoms with Crippen LogP contribution in [0.1, 0.15) is 57.3 Å². The van der Waals surface area contributed by atoms with Crippen molar-refractivity contribution in [2.24, 2.45) is 17.4 Å². The summed E-state index contributed by atoms with van der Waals surface area (Å²) in [7, 11) is 0. The number of nitrogens with two attached hydrogens (primary N) is 2. The van der Waals surface area contributed by atoms with E-state index in [1.54, 1.807) is 4.68 Å². The van der Waals surface area contributed by atoms with Gasteiger partial charge in [-0.25, -0.2) is 4.68 Å². The second-order valence-electron chi connectivity index (χ2n) is 12.7. The first-order valence-corrected chi connectivity index (χ1v) is 17.8. The average molecular weight is 701 g/mol. The molecule has 0 spiro atoms. The van der Waals surface area contributed by atoms with Gasteiger partial charge in [0.15, 0.2) is 0 Å². The fourth-order valence-electron chi connectivity index (χ4n) is 5.71. The largest absolute Gasteiger partial charge is 0.378 e. The van der Waals surface area contributed by atoms with E-state index < -0.39 is 6.04 Å². The van der Waals surface area contributed by atoms with Crippen LogP contribution < -0.4 is 26.6 Å². The van der Waals surface area contributed by atoms with Crippen LogP contribution in [0.2, 0.25) is 0 Å². The molecule has 2 atom stereocenters. The molecule has 4 heterocycles. The quantitative estimate of drug-likeness (QED) is 0.113. The number of hydrogen-bond donors (Lipinski definition) is 3. The molecule has 0 bridgehead atoms. The van der Waals surface area contributed by atoms with Crippen molar-refractivity contribution < 1.29 is 23.7 Å². The number of nitrogens with one attached hydrogen (secondary N) is 1. The van der Waals surface area contributed by atoms with Gasteiger partial charge in [-0.2, -0.15) is 15.0 Å². The maximum Gasteiger partial charge on any atom is 0.247 e. The van der Waals surface area contributed by atoms with Gasteiger partial charge in [-0.05, 0) is 38.1 Å². The number of hydrogen-bond acceptors (Lipinski definition) is 15. The summed E-state index contributed by atoms with van der Waals surface area (Å²) < 4.78 is 23.6. The Morgan fingerprint density at radius 3 is 2.28 bits per heavy atom. The SMILES string of the molecule is C#CCOCCOCCOCCNc1nc(N2CCOCC2)nc(N2CCN(C(=O)[C@H](CCCCN)n3cc([C@@H](N)CC(C)C)nn3)CC2)n1. The van der Waals surface area contributed by atoms with Crippen LogP contribution in [0.15, 0.2) is 6.20 Å². The van der Waals surface area contributed by atoms with Crippen LogP contribution in [0.25, 0.3) is 0 Å². The van der Waals surface area contributed by atoms with Crippen molar-refractivity contribution in [3.05, 3.63) is 11.9 Å². The van der Waals surface area contributed by atoms with Gasteiger partial charge in [0.05, 0.1) is 64.2 Å². The van der Waals surface area contributed by atoms with Gasteiger partial charge in [0.25, 0.3) is 0 Å². The van der Waals surface area contributed by atoms with Crippen LogP contribution in [0.5, 0.6) is 0 Å². The molecular weight excluding hydrogens is 644 g/mol. The highest BCUT2D eigenvalue weighted by atomic mass is 16.5. The predicted molar refractivity (Wildman–Crippen MR) is 190 cm³/mol. The van der Waals surface area contributed by atoms with Crippen LogP contribution in [-0.2, 0) is 23.7 Å². The molecule has 0 radical (unpaired) electrons. The second kappa shape index (κ2) is 21.5. The first kappa shape index (κ1) is 39.1. The Labute approximate surface area is 295 Å². The summed E-state index contributed by atoms with van der Waals surface area (Å²) in [6.45, 7) is 12.7. The minimum absolute atomic E-state index is 0.0187. The highest BCUT2D eigenvalue weighted by molar-refractivity contribution is 5.80. The van der Waals surface area contributed by atoms with Gasteiger partial charge in [-0.1, -0.05) is 25.0 Å². The van der Waals surface area contributed by atoms with E-state index in [9.17, 15) is 4.79 Å². The van der Waals surface area contributed by atoms with Crippen LogP contribution in [0, 0.1) is 18.3 Å². The van der Waals surface area contributed by atoms with Gasteiger partial charge >= 0.3 is 0 Å². The zero-order valence-corrected chi connectivity index (χ0v) is 29.7. The molecule has 2 aromatic heterocycles. The Balaban J connectivity index is 1.34. The summed E-state index contributed by atoms with van der Waals surface area (Å²) >= 11 is 0. The molecule has 2 aromatic rings. The molecule has 1 amide bonds. The fraction of sp³-hybridized carbons (Fsp3) is 0.758. The molecule has 2 aliphatic heterocycles. The number of aromatic nitrogens is 6. The van der Waals surface area contributed by atoms with Crippen LogP contribution in [-0.4, -0.2) is 146 Å². The van der Waals surface area contributed by atoms with E-state index in [0.717, 1.165) is 19.3 Å². The first-order valence-electron chi connectivity index (χ1n) is 17.8. The summed E-state index contributed by atoms with van der Waals surface area (Å²) in [6, 6.07) is -0.694. The lowest BCUT2D eigenvalue weighted by molar-refractivity contribution is -0.135. The van der Waals surface area contributed by atoms with Gasteiger partial charge in [0, 0.05) is 45.8 Å². The molecule has 50 heavy (non-hydrogen) atoms. The molecule has 4 rings (SSSR count). The number of nitrogens with zero attached hydrogens (tertiary/aromatic N) is 9. The fourth-order valence-corrected chi connectivity index (χ4v) is 5.71. The third kappa shape index (κ3) is 12.6. The lowest BCUT2D eigenvalue weighted by Crippen LogP contribution is -2.51. The number of anilines is 3. The van der Waals surface area contributed by atoms with E-state index in [1.165, 1.54) is 0 Å². The Morgan fingerprint density at radius 2 is 1.62 bits per heavy atom. The summed E-state index contributed by atoms with van der Waals surface area (Å²) in [5.41, 5.74) is 12.9. The van der Waals surface area contributed by atoms with Crippen molar-refractivity contribution in [2.45, 2.75) is 51.6 Å². The van der Waals surface area contributed by atoms with Crippen LogP contribution >= 0.6 is 0 Å². The average Bonchev–Trinajstić information content (AvgIpc) is 3.63. The Kier molecular flexibility index (Phi) is 16.9. The number of unbranched alkanes of at least 4 members (excludes halogenated alkanes) is 1. The number of morpholine rings is 1. The van der Waals surface area contributed by atoms with E-state index in [1.807, 2.05) is 11.1 Å². The highest BCUT2D eigenvalue weighted by Crippen LogP contribution is 2.24. The van der Waals surface area contributed by atoms with Crippen molar-refractivity contribution in [1.82, 2.24) is 34.8 Å². The Morgan fingerprint density at radius 1 is 0.960 bits per heavy atom. The summed E-state index contributed by atoms with van der Waals surface area (Å²) in [5.74, 6) is 4.50. The Hall–Kier alpha value is -3.66. The number of piperazine rings is 1. The van der Waals surface area contributed by atoms with Crippen LogP contribution in [0.3, 0.4) is 0 Å². The van der Waals surface area contributed by atoms with Gasteiger partial charge < -0.3 is 50.4 Å². The molecule has 0 aliphatic carbocycles. The predicted octanol–water partition coefficient (Wildman–Crippen LogP) is 0.459. The highest BCUT2D eigenvalue weighted by Gasteiger charge is 2.31. The normalized spacial score (nSPS) is 16.4. The Bertz CT molecular complexity index is 1310. The zero-order valence-electron chi connectivity index (χ0n) is 29.7. The molecule has 17 nitrogen and oxygen atoms in total. The number of terminal acetylenes is 1. The molecule has 2 fully saturated rings. The van der Waals surface area contributed by atoms with Crippen molar-refractivity contribution in [2.75, 3.05) is 120 Å². The minimum Gasteiger partial charge on any atom is -0.378 e. The lowest BCUT2D eigenvalue weighted by atomic mass is 10.0. The monoisotopic (exact) mass is 700 g/mol. The maximum absolute atomic E-state index is 13.9. The molecule has 2 saturated heterocycles. The van der Waals surface area contributed by atoms with Gasteiger partial charge in [0.2, 0.25) is 23.8 Å². The summed E-state index contributed by atoms with van der Waals surface area (Å²) in [5, 5.41) is 12.0. The summed E-state index contributed by atoms with van der Waals surface area (Å²) in [4.78, 5) is 34.3.